The molecule has 0 atom stereocenters. The van der Waals surface area contributed by atoms with Crippen LogP contribution in [0.3, 0.4) is 0 Å². The molecule has 3 nitrogen and oxygen atoms in total. The molecule has 6 heteroatoms. The van der Waals surface area contributed by atoms with Gasteiger partial charge in [-0.1, -0.05) is 0 Å². The van der Waals surface area contributed by atoms with Crippen LogP contribution in [-0.2, 0) is 4.79 Å². The number of allylic oxidation sites excluding steroid dienone is 1. The monoisotopic (exact) mass is 168 g/mol. The quantitative estimate of drug-likeness (QED) is 0.547. The molecule has 0 bridgehead atoms. The summed E-state index contributed by atoms with van der Waals surface area (Å²) >= 11 is 0. The maximum absolute atomic E-state index is 11.6. The van der Waals surface area contributed by atoms with E-state index < -0.39 is 17.8 Å². The number of nitrogens with one attached hydrogen (secondary N) is 1. The SMILES string of the molecule is CNC(=O)/C=C(\N)C(F)(F)F. The van der Waals surface area contributed by atoms with Crippen molar-refractivity contribution in [2.75, 3.05) is 7.05 Å². The van der Waals surface area contributed by atoms with E-state index in [1.165, 1.54) is 7.05 Å². The van der Waals surface area contributed by atoms with Gasteiger partial charge in [-0.2, -0.15) is 13.2 Å². The molecular weight excluding hydrogens is 161 g/mol. The first-order valence-corrected chi connectivity index (χ1v) is 2.64. The van der Waals surface area contributed by atoms with Crippen molar-refractivity contribution in [1.82, 2.24) is 5.32 Å². The summed E-state index contributed by atoms with van der Waals surface area (Å²) in [6.07, 6.45) is -4.34. The van der Waals surface area contributed by atoms with Crippen molar-refractivity contribution >= 4 is 5.91 Å². The molecule has 0 aliphatic carbocycles. The Morgan fingerprint density at radius 2 is 2.00 bits per heavy atom. The van der Waals surface area contributed by atoms with E-state index in [-0.39, 0.29) is 0 Å². The number of nitrogens with two attached hydrogens (primary N) is 1. The molecule has 11 heavy (non-hydrogen) atoms. The summed E-state index contributed by atoms with van der Waals surface area (Å²) in [6.45, 7) is 0. The van der Waals surface area contributed by atoms with E-state index in [0.29, 0.717) is 6.08 Å². The number of rotatable bonds is 1. The summed E-state index contributed by atoms with van der Waals surface area (Å²) in [5.41, 5.74) is 3.10. The van der Waals surface area contributed by atoms with Crippen LogP contribution < -0.4 is 11.1 Å². The van der Waals surface area contributed by atoms with Crippen LogP contribution in [0.5, 0.6) is 0 Å². The molecule has 0 aromatic carbocycles. The largest absolute Gasteiger partial charge is 0.430 e. The lowest BCUT2D eigenvalue weighted by Crippen LogP contribution is -2.24. The molecule has 0 radical (unpaired) electrons. The number of likely N-dealkylation sites (N-methyl/N-ethyl adjacent to an activating group) is 1. The van der Waals surface area contributed by atoms with Crippen molar-refractivity contribution in [3.8, 4) is 0 Å². The number of halogens is 3. The molecule has 0 rings (SSSR count). The molecular formula is C5H7F3N2O. The Morgan fingerprint density at radius 3 is 2.27 bits per heavy atom. The molecule has 0 spiro atoms. The van der Waals surface area contributed by atoms with Crippen molar-refractivity contribution in [1.29, 1.82) is 0 Å². The predicted octanol–water partition coefficient (Wildman–Crippen LogP) is 0.137. The summed E-state index contributed by atoms with van der Waals surface area (Å²) in [4.78, 5) is 10.3. The van der Waals surface area contributed by atoms with Gasteiger partial charge in [0, 0.05) is 13.1 Å². The Hall–Kier alpha value is -1.20. The van der Waals surface area contributed by atoms with Gasteiger partial charge < -0.3 is 11.1 Å². The van der Waals surface area contributed by atoms with E-state index in [1.807, 2.05) is 5.32 Å². The molecule has 0 unspecified atom stereocenters. The standard InChI is InChI=1S/C5H7F3N2O/c1-10-4(11)2-3(9)5(6,7)8/h2H,9H2,1H3,(H,10,11)/b3-2-. The Morgan fingerprint density at radius 1 is 1.55 bits per heavy atom. The molecule has 0 saturated carbocycles. The van der Waals surface area contributed by atoms with Crippen molar-refractivity contribution in [2.45, 2.75) is 6.18 Å². The third-order valence-electron chi connectivity index (χ3n) is 0.860. The highest BCUT2D eigenvalue weighted by atomic mass is 19.4. The summed E-state index contributed by atoms with van der Waals surface area (Å²) in [5.74, 6) is -0.875. The van der Waals surface area contributed by atoms with Crippen LogP contribution in [0.15, 0.2) is 11.8 Å². The van der Waals surface area contributed by atoms with E-state index in [1.54, 1.807) is 0 Å². The highest BCUT2D eigenvalue weighted by molar-refractivity contribution is 5.87. The van der Waals surface area contributed by atoms with Gasteiger partial charge in [0.1, 0.15) is 5.70 Å². The van der Waals surface area contributed by atoms with Crippen molar-refractivity contribution in [2.24, 2.45) is 5.73 Å². The zero-order valence-electron chi connectivity index (χ0n) is 5.70. The molecule has 3 N–H and O–H groups in total. The smallest absolute Gasteiger partial charge is 0.395 e. The Kier molecular flexibility index (Phi) is 2.91. The highest BCUT2D eigenvalue weighted by Gasteiger charge is 2.31. The third-order valence-corrected chi connectivity index (χ3v) is 0.860. The molecule has 0 aliphatic heterocycles. The molecule has 0 aliphatic rings. The van der Waals surface area contributed by atoms with Crippen LogP contribution in [0.2, 0.25) is 0 Å². The molecule has 0 saturated heterocycles. The number of carbonyl (C=O) groups is 1. The van der Waals surface area contributed by atoms with Crippen LogP contribution in [0.1, 0.15) is 0 Å². The molecule has 0 heterocycles. The molecule has 0 aromatic rings. The normalized spacial score (nSPS) is 12.9. The van der Waals surface area contributed by atoms with Gasteiger partial charge >= 0.3 is 6.18 Å². The Bertz CT molecular complexity index is 185. The van der Waals surface area contributed by atoms with Gasteiger partial charge in [0.2, 0.25) is 5.91 Å². The average Bonchev–Trinajstić information content (AvgIpc) is 1.85. The van der Waals surface area contributed by atoms with Crippen molar-refractivity contribution in [3.63, 3.8) is 0 Å². The van der Waals surface area contributed by atoms with Crippen LogP contribution in [0.25, 0.3) is 0 Å². The lowest BCUT2D eigenvalue weighted by atomic mass is 10.4. The van der Waals surface area contributed by atoms with Gasteiger partial charge in [0.15, 0.2) is 0 Å². The second-order valence-corrected chi connectivity index (χ2v) is 1.71. The first-order valence-electron chi connectivity index (χ1n) is 2.64. The molecule has 0 fully saturated rings. The van der Waals surface area contributed by atoms with Crippen LogP contribution in [0.4, 0.5) is 13.2 Å². The first kappa shape index (κ1) is 9.80. The minimum atomic E-state index is -4.63. The lowest BCUT2D eigenvalue weighted by molar-refractivity contribution is -0.117. The fourth-order valence-corrected chi connectivity index (χ4v) is 0.295. The second kappa shape index (κ2) is 3.27. The summed E-state index contributed by atoms with van der Waals surface area (Å²) < 4.78 is 34.7. The molecule has 1 amide bonds. The number of hydrogen-bond acceptors (Lipinski definition) is 2. The minimum absolute atomic E-state index is 0.292. The fourth-order valence-electron chi connectivity index (χ4n) is 0.295. The maximum Gasteiger partial charge on any atom is 0.430 e. The van der Waals surface area contributed by atoms with Gasteiger partial charge in [-0.3, -0.25) is 4.79 Å². The topological polar surface area (TPSA) is 55.1 Å². The molecule has 0 aromatic heterocycles. The summed E-state index contributed by atoms with van der Waals surface area (Å²) in [7, 11) is 1.21. The van der Waals surface area contributed by atoms with E-state index in [0.717, 1.165) is 0 Å². The van der Waals surface area contributed by atoms with Gasteiger partial charge in [0.25, 0.3) is 0 Å². The molecule has 64 valence electrons. The number of alkyl halides is 3. The minimum Gasteiger partial charge on any atom is -0.395 e. The van der Waals surface area contributed by atoms with Gasteiger partial charge in [-0.15, -0.1) is 0 Å². The van der Waals surface area contributed by atoms with Gasteiger partial charge in [0.05, 0.1) is 0 Å². The summed E-state index contributed by atoms with van der Waals surface area (Å²) in [5, 5.41) is 1.97. The zero-order valence-corrected chi connectivity index (χ0v) is 5.70. The van der Waals surface area contributed by atoms with Crippen molar-refractivity contribution in [3.05, 3.63) is 11.8 Å². The summed E-state index contributed by atoms with van der Waals surface area (Å²) in [6, 6.07) is 0. The predicted molar refractivity (Wildman–Crippen MR) is 32.4 cm³/mol. The maximum atomic E-state index is 11.6. The van der Waals surface area contributed by atoms with Gasteiger partial charge in [-0.05, 0) is 0 Å². The number of carbonyl (C=O) groups excluding carboxylic acids is 1. The fraction of sp³-hybridized carbons (Fsp3) is 0.400. The number of hydrogen-bond donors (Lipinski definition) is 2. The highest BCUT2D eigenvalue weighted by Crippen LogP contribution is 2.20. The van der Waals surface area contributed by atoms with Crippen LogP contribution in [-0.4, -0.2) is 19.1 Å². The van der Waals surface area contributed by atoms with Crippen molar-refractivity contribution < 1.29 is 18.0 Å². The Labute approximate surface area is 61.1 Å². The van der Waals surface area contributed by atoms with Gasteiger partial charge in [-0.25, -0.2) is 0 Å². The third kappa shape index (κ3) is 3.49. The average molecular weight is 168 g/mol. The van der Waals surface area contributed by atoms with Crippen LogP contribution in [0, 0.1) is 0 Å². The first-order chi connectivity index (χ1) is 4.88. The lowest BCUT2D eigenvalue weighted by Gasteiger charge is -2.04. The van der Waals surface area contributed by atoms with E-state index in [2.05, 4.69) is 5.73 Å². The second-order valence-electron chi connectivity index (χ2n) is 1.71. The van der Waals surface area contributed by atoms with Crippen LogP contribution >= 0.6 is 0 Å². The Balaban J connectivity index is 4.35. The van der Waals surface area contributed by atoms with E-state index in [9.17, 15) is 18.0 Å². The zero-order chi connectivity index (χ0) is 9.07. The van der Waals surface area contributed by atoms with E-state index >= 15 is 0 Å². The van der Waals surface area contributed by atoms with E-state index in [4.69, 9.17) is 0 Å². The number of amides is 1.